The van der Waals surface area contributed by atoms with Gasteiger partial charge in [-0.15, -0.1) is 10.2 Å². The number of hydrogen-bond acceptors (Lipinski definition) is 5. The quantitative estimate of drug-likeness (QED) is 0.198. The van der Waals surface area contributed by atoms with Crippen LogP contribution >= 0.6 is 0 Å². The largest absolute Gasteiger partial charge is 0.505 e. The van der Waals surface area contributed by atoms with Crippen LogP contribution in [0, 0.1) is 0 Å². The fourth-order valence-corrected chi connectivity index (χ4v) is 4.37. The summed E-state index contributed by atoms with van der Waals surface area (Å²) in [5.41, 5.74) is -1.13. The molecule has 0 aliphatic carbocycles. The molecule has 3 N–H and O–H groups in total. The molecule has 5 aromatic carbocycles. The molecule has 200 valence electrons. The summed E-state index contributed by atoms with van der Waals surface area (Å²) in [4.78, 5) is 25.7. The van der Waals surface area contributed by atoms with Crippen LogP contribution in [0.1, 0.15) is 26.3 Å². The molecule has 0 saturated carbocycles. The van der Waals surface area contributed by atoms with Gasteiger partial charge in [-0.2, -0.15) is 13.2 Å². The number of anilines is 1. The Morgan fingerprint density at radius 2 is 1.50 bits per heavy atom. The van der Waals surface area contributed by atoms with Crippen molar-refractivity contribution in [2.75, 3.05) is 12.4 Å². The number of alkyl halides is 3. The fourth-order valence-electron chi connectivity index (χ4n) is 4.37. The van der Waals surface area contributed by atoms with Crippen LogP contribution in [0.2, 0.25) is 0 Å². The Labute approximate surface area is 226 Å². The van der Waals surface area contributed by atoms with Crippen molar-refractivity contribution in [2.24, 2.45) is 10.2 Å². The smallest absolute Gasteiger partial charge is 0.418 e. The number of nitrogens with zero attached hydrogens (tertiary/aromatic N) is 2. The maximum atomic E-state index is 13.5. The molecule has 0 aromatic heterocycles. The molecule has 0 heterocycles. The lowest BCUT2D eigenvalue weighted by molar-refractivity contribution is -0.137. The third kappa shape index (κ3) is 5.06. The van der Waals surface area contributed by atoms with Crippen molar-refractivity contribution in [1.29, 1.82) is 0 Å². The topological polar surface area (TPSA) is 103 Å². The molecule has 0 aliphatic rings. The number of carbonyl (C=O) groups is 2. The summed E-state index contributed by atoms with van der Waals surface area (Å²) >= 11 is 0. The lowest BCUT2D eigenvalue weighted by Gasteiger charge is -2.13. The molecular weight excluding hydrogens is 521 g/mol. The van der Waals surface area contributed by atoms with Crippen molar-refractivity contribution < 1.29 is 27.9 Å². The van der Waals surface area contributed by atoms with Gasteiger partial charge in [0.25, 0.3) is 11.8 Å². The van der Waals surface area contributed by atoms with E-state index < -0.39 is 29.1 Å². The van der Waals surface area contributed by atoms with Gasteiger partial charge in [0.05, 0.1) is 16.8 Å². The van der Waals surface area contributed by atoms with E-state index in [1.807, 2.05) is 30.3 Å². The number of fused-ring (bicyclic) bond motifs is 2. The highest BCUT2D eigenvalue weighted by molar-refractivity contribution is 6.14. The fraction of sp³-hybridized carbons (Fsp3) is 0.0667. The summed E-state index contributed by atoms with van der Waals surface area (Å²) < 4.78 is 40.5. The summed E-state index contributed by atoms with van der Waals surface area (Å²) in [6.45, 7) is 0. The van der Waals surface area contributed by atoms with Gasteiger partial charge in [0.1, 0.15) is 5.69 Å². The molecule has 0 atom stereocenters. The zero-order valence-electron chi connectivity index (χ0n) is 21.0. The van der Waals surface area contributed by atoms with E-state index >= 15 is 0 Å². The highest BCUT2D eigenvalue weighted by atomic mass is 19.4. The third-order valence-corrected chi connectivity index (χ3v) is 6.32. The molecule has 0 aliphatic heterocycles. The highest BCUT2D eigenvalue weighted by Gasteiger charge is 2.33. The van der Waals surface area contributed by atoms with Crippen molar-refractivity contribution in [3.05, 3.63) is 108 Å². The molecule has 7 nitrogen and oxygen atoms in total. The van der Waals surface area contributed by atoms with Crippen molar-refractivity contribution in [2.45, 2.75) is 6.18 Å². The van der Waals surface area contributed by atoms with Gasteiger partial charge >= 0.3 is 6.18 Å². The van der Waals surface area contributed by atoms with Crippen LogP contribution in [0.3, 0.4) is 0 Å². The van der Waals surface area contributed by atoms with E-state index in [-0.39, 0.29) is 28.1 Å². The van der Waals surface area contributed by atoms with Gasteiger partial charge in [-0.25, -0.2) is 0 Å². The second-order valence-corrected chi connectivity index (χ2v) is 8.83. The Balaban J connectivity index is 1.65. The predicted octanol–water partition coefficient (Wildman–Crippen LogP) is 7.74. The number of carbonyl (C=O) groups excluding carboxylic acids is 2. The van der Waals surface area contributed by atoms with Crippen LogP contribution in [0.4, 0.5) is 30.2 Å². The van der Waals surface area contributed by atoms with E-state index in [0.717, 1.165) is 22.9 Å². The second-order valence-electron chi connectivity index (χ2n) is 8.83. The normalized spacial score (nSPS) is 11.7. The molecule has 0 radical (unpaired) electrons. The molecule has 5 aromatic rings. The molecular formula is C30H21F3N4O3. The first kappa shape index (κ1) is 26.4. The zero-order chi connectivity index (χ0) is 28.4. The second kappa shape index (κ2) is 10.5. The minimum absolute atomic E-state index is 0.201. The lowest BCUT2D eigenvalue weighted by atomic mass is 10.00. The molecule has 5 rings (SSSR count). The Hall–Kier alpha value is -5.25. The van der Waals surface area contributed by atoms with E-state index in [0.29, 0.717) is 11.1 Å². The minimum Gasteiger partial charge on any atom is -0.505 e. The van der Waals surface area contributed by atoms with Crippen LogP contribution in [0.25, 0.3) is 21.5 Å². The first-order valence-electron chi connectivity index (χ1n) is 12.1. The number of benzene rings is 5. The number of rotatable bonds is 5. The average molecular weight is 543 g/mol. The van der Waals surface area contributed by atoms with E-state index in [1.54, 1.807) is 12.1 Å². The van der Waals surface area contributed by atoms with E-state index in [9.17, 15) is 27.9 Å². The number of aromatic hydroxyl groups is 1. The number of phenolic OH excluding ortho intramolecular Hbond substituents is 1. The van der Waals surface area contributed by atoms with Crippen LogP contribution in [0.5, 0.6) is 5.75 Å². The molecule has 0 fully saturated rings. The van der Waals surface area contributed by atoms with Gasteiger partial charge in [0.2, 0.25) is 0 Å². The number of halogens is 3. The van der Waals surface area contributed by atoms with E-state index in [2.05, 4.69) is 20.9 Å². The SMILES string of the molecule is CNC(=O)c1ccc2c(N=Nc3ccccc3C(F)(F)F)c(O)c(C(=O)Nc3cccc4ccccc34)cc2c1. The van der Waals surface area contributed by atoms with Gasteiger partial charge < -0.3 is 15.7 Å². The standard InChI is InChI=1S/C30H21F3N4O3/c1-34-28(39)18-13-14-21-19(15-18)16-22(29(40)35-24-12-6-8-17-7-2-3-9-20(17)24)27(38)26(21)37-36-25-11-5-4-10-23(25)30(31,32)33/h2-16,38H,1H3,(H,34,39)(H,35,40). The van der Waals surface area contributed by atoms with Crippen LogP contribution in [-0.2, 0) is 6.18 Å². The molecule has 0 bridgehead atoms. The molecule has 10 heteroatoms. The van der Waals surface area contributed by atoms with Gasteiger partial charge in [-0.3, -0.25) is 9.59 Å². The summed E-state index contributed by atoms with van der Waals surface area (Å²) in [5.74, 6) is -1.65. The van der Waals surface area contributed by atoms with Crippen LogP contribution in [-0.4, -0.2) is 24.0 Å². The number of hydrogen-bond donors (Lipinski definition) is 3. The summed E-state index contributed by atoms with van der Waals surface area (Å²) in [6.07, 6.45) is -4.68. The molecule has 2 amide bonds. The van der Waals surface area contributed by atoms with Crippen molar-refractivity contribution in [3.63, 3.8) is 0 Å². The van der Waals surface area contributed by atoms with Gasteiger partial charge in [0, 0.05) is 29.1 Å². The average Bonchev–Trinajstić information content (AvgIpc) is 2.95. The number of amides is 2. The summed E-state index contributed by atoms with van der Waals surface area (Å²) in [6, 6.07) is 23.2. The van der Waals surface area contributed by atoms with E-state index in [1.165, 1.54) is 43.4 Å². The molecule has 0 spiro atoms. The van der Waals surface area contributed by atoms with Crippen molar-refractivity contribution in [1.82, 2.24) is 5.32 Å². The van der Waals surface area contributed by atoms with Crippen molar-refractivity contribution >= 4 is 50.4 Å². The lowest BCUT2D eigenvalue weighted by Crippen LogP contribution is -2.17. The number of nitrogens with one attached hydrogen (secondary N) is 2. The van der Waals surface area contributed by atoms with Gasteiger partial charge in [-0.1, -0.05) is 54.6 Å². The Morgan fingerprint density at radius 1 is 0.775 bits per heavy atom. The van der Waals surface area contributed by atoms with Crippen LogP contribution in [0.15, 0.2) is 101 Å². The Kier molecular flexibility index (Phi) is 6.91. The predicted molar refractivity (Wildman–Crippen MR) is 147 cm³/mol. The Morgan fingerprint density at radius 3 is 2.27 bits per heavy atom. The first-order chi connectivity index (χ1) is 19.2. The molecule has 40 heavy (non-hydrogen) atoms. The zero-order valence-corrected chi connectivity index (χ0v) is 21.0. The minimum atomic E-state index is -4.68. The summed E-state index contributed by atoms with van der Waals surface area (Å²) in [5, 5.41) is 26.5. The molecule has 0 unspecified atom stereocenters. The number of phenols is 1. The van der Waals surface area contributed by atoms with Gasteiger partial charge in [-0.05, 0) is 47.2 Å². The third-order valence-electron chi connectivity index (χ3n) is 6.32. The van der Waals surface area contributed by atoms with Crippen molar-refractivity contribution in [3.8, 4) is 5.75 Å². The number of azo groups is 1. The van der Waals surface area contributed by atoms with E-state index in [4.69, 9.17) is 0 Å². The maximum Gasteiger partial charge on any atom is 0.418 e. The first-order valence-corrected chi connectivity index (χ1v) is 12.1. The summed E-state index contributed by atoms with van der Waals surface area (Å²) in [7, 11) is 1.46. The molecule has 0 saturated heterocycles. The maximum absolute atomic E-state index is 13.5. The highest BCUT2D eigenvalue weighted by Crippen LogP contribution is 2.42. The van der Waals surface area contributed by atoms with Crippen LogP contribution < -0.4 is 10.6 Å². The Bertz CT molecular complexity index is 1810. The monoisotopic (exact) mass is 542 g/mol. The van der Waals surface area contributed by atoms with Gasteiger partial charge in [0.15, 0.2) is 5.75 Å².